The highest BCUT2D eigenvalue weighted by molar-refractivity contribution is 5.78. The van der Waals surface area contributed by atoms with Crippen LogP contribution in [0.5, 0.6) is 0 Å². The summed E-state index contributed by atoms with van der Waals surface area (Å²) in [4.78, 5) is 14.4. The summed E-state index contributed by atoms with van der Waals surface area (Å²) in [6.07, 6.45) is 3.86. The van der Waals surface area contributed by atoms with E-state index in [0.717, 1.165) is 36.7 Å². The summed E-state index contributed by atoms with van der Waals surface area (Å²) in [6.45, 7) is 0.257. The van der Waals surface area contributed by atoms with Gasteiger partial charge in [0, 0.05) is 13.7 Å². The van der Waals surface area contributed by atoms with E-state index in [9.17, 15) is 4.79 Å². The Bertz CT molecular complexity index is 554. The van der Waals surface area contributed by atoms with Crippen molar-refractivity contribution in [1.29, 1.82) is 0 Å². The van der Waals surface area contributed by atoms with Gasteiger partial charge < -0.3 is 10.1 Å². The van der Waals surface area contributed by atoms with Crippen molar-refractivity contribution in [3.8, 4) is 0 Å². The van der Waals surface area contributed by atoms with E-state index in [4.69, 9.17) is 5.11 Å². The molecule has 1 aromatic heterocycles. The van der Waals surface area contributed by atoms with Gasteiger partial charge in [-0.1, -0.05) is 18.6 Å². The van der Waals surface area contributed by atoms with Crippen molar-refractivity contribution < 1.29 is 5.11 Å². The summed E-state index contributed by atoms with van der Waals surface area (Å²) in [7, 11) is 1.79. The Hall–Kier alpha value is -1.55. The van der Waals surface area contributed by atoms with Gasteiger partial charge in [0.25, 0.3) is 0 Å². The number of rotatable bonds is 5. The summed E-state index contributed by atoms with van der Waals surface area (Å²) in [5.41, 5.74) is 3.03. The number of aromatic amines is 1. The number of aliphatic hydroxyl groups is 1. The number of H-pyrrole nitrogens is 1. The predicted molar refractivity (Wildman–Crippen MR) is 68.2 cm³/mol. The molecule has 2 N–H and O–H groups in total. The third kappa shape index (κ3) is 2.42. The van der Waals surface area contributed by atoms with Crippen LogP contribution >= 0.6 is 0 Å². The van der Waals surface area contributed by atoms with Crippen LogP contribution in [-0.4, -0.2) is 21.3 Å². The van der Waals surface area contributed by atoms with Gasteiger partial charge in [0.1, 0.15) is 0 Å². The van der Waals surface area contributed by atoms with Crippen LogP contribution in [0.3, 0.4) is 0 Å². The molecule has 0 radical (unpaired) electrons. The number of fused-ring (bicyclic) bond motifs is 1. The lowest BCUT2D eigenvalue weighted by Crippen LogP contribution is -2.12. The molecule has 0 unspecified atom stereocenters. The Morgan fingerprint density at radius 1 is 1.29 bits per heavy atom. The number of benzene rings is 1. The summed E-state index contributed by atoms with van der Waals surface area (Å²) in [6, 6.07) is 5.96. The molecular formula is C13H18N2O2. The highest BCUT2D eigenvalue weighted by atomic mass is 16.2. The number of imidazole rings is 1. The van der Waals surface area contributed by atoms with E-state index in [2.05, 4.69) is 11.1 Å². The molecule has 2 rings (SSSR count). The number of nitrogens with zero attached hydrogens (tertiary/aromatic N) is 1. The Morgan fingerprint density at radius 2 is 2.12 bits per heavy atom. The third-order valence-corrected chi connectivity index (χ3v) is 3.11. The summed E-state index contributed by atoms with van der Waals surface area (Å²) in [5.74, 6) is 0. The molecule has 1 aromatic carbocycles. The number of aryl methyl sites for hydroxylation is 2. The van der Waals surface area contributed by atoms with Gasteiger partial charge in [-0.15, -0.1) is 0 Å². The molecule has 0 aliphatic heterocycles. The summed E-state index contributed by atoms with van der Waals surface area (Å²) < 4.78 is 1.66. The van der Waals surface area contributed by atoms with Crippen LogP contribution in [0, 0.1) is 0 Å². The average molecular weight is 234 g/mol. The lowest BCUT2D eigenvalue weighted by atomic mass is 10.1. The molecule has 0 atom stereocenters. The second-order valence-corrected chi connectivity index (χ2v) is 4.34. The minimum absolute atomic E-state index is 0.0668. The van der Waals surface area contributed by atoms with Gasteiger partial charge in [0.05, 0.1) is 11.0 Å². The highest BCUT2D eigenvalue weighted by Gasteiger charge is 2.07. The number of hydrogen-bond acceptors (Lipinski definition) is 2. The number of hydrogen-bond donors (Lipinski definition) is 2. The second kappa shape index (κ2) is 5.19. The van der Waals surface area contributed by atoms with Crippen molar-refractivity contribution in [2.24, 2.45) is 7.05 Å². The average Bonchev–Trinajstić information content (AvgIpc) is 2.62. The molecule has 1 heterocycles. The van der Waals surface area contributed by atoms with Crippen molar-refractivity contribution in [3.63, 3.8) is 0 Å². The zero-order valence-corrected chi connectivity index (χ0v) is 10.1. The van der Waals surface area contributed by atoms with Crippen LogP contribution in [0.2, 0.25) is 0 Å². The number of aromatic nitrogens is 2. The van der Waals surface area contributed by atoms with Gasteiger partial charge in [0.2, 0.25) is 0 Å². The van der Waals surface area contributed by atoms with E-state index in [0.29, 0.717) is 0 Å². The highest BCUT2D eigenvalue weighted by Crippen LogP contribution is 2.17. The van der Waals surface area contributed by atoms with E-state index >= 15 is 0 Å². The number of para-hydroxylation sites is 1. The number of unbranched alkanes of at least 4 members (excludes halogenated alkanes) is 2. The molecule has 0 aliphatic carbocycles. The Morgan fingerprint density at radius 3 is 2.88 bits per heavy atom. The molecule has 0 bridgehead atoms. The molecular weight excluding hydrogens is 216 g/mol. The Kier molecular flexibility index (Phi) is 3.64. The van der Waals surface area contributed by atoms with E-state index < -0.39 is 0 Å². The van der Waals surface area contributed by atoms with E-state index in [1.807, 2.05) is 12.1 Å². The first-order valence-corrected chi connectivity index (χ1v) is 6.01. The first-order chi connectivity index (χ1) is 8.24. The topological polar surface area (TPSA) is 58.0 Å². The Labute approximate surface area is 99.9 Å². The molecule has 17 heavy (non-hydrogen) atoms. The number of nitrogens with one attached hydrogen (secondary N) is 1. The van der Waals surface area contributed by atoms with Crippen molar-refractivity contribution in [2.75, 3.05) is 6.61 Å². The van der Waals surface area contributed by atoms with Gasteiger partial charge in [0.15, 0.2) is 0 Å². The van der Waals surface area contributed by atoms with Crippen molar-refractivity contribution in [2.45, 2.75) is 25.7 Å². The van der Waals surface area contributed by atoms with Gasteiger partial charge >= 0.3 is 5.69 Å². The maximum atomic E-state index is 11.5. The normalized spacial score (nSPS) is 11.2. The predicted octanol–water partition coefficient (Wildman–Crippen LogP) is 1.57. The lowest BCUT2D eigenvalue weighted by Gasteiger charge is -2.04. The van der Waals surface area contributed by atoms with Crippen LogP contribution in [0.1, 0.15) is 24.8 Å². The summed E-state index contributed by atoms with van der Waals surface area (Å²) in [5, 5.41) is 8.73. The van der Waals surface area contributed by atoms with Crippen molar-refractivity contribution >= 4 is 11.0 Å². The number of aliphatic hydroxyl groups excluding tert-OH is 1. The quantitative estimate of drug-likeness (QED) is 0.771. The molecule has 0 amide bonds. The molecule has 0 aliphatic rings. The molecule has 0 saturated carbocycles. The van der Waals surface area contributed by atoms with E-state index in [1.54, 1.807) is 11.6 Å². The summed E-state index contributed by atoms with van der Waals surface area (Å²) >= 11 is 0. The van der Waals surface area contributed by atoms with Crippen LogP contribution in [-0.2, 0) is 13.5 Å². The van der Waals surface area contributed by atoms with Crippen molar-refractivity contribution in [1.82, 2.24) is 9.55 Å². The molecule has 4 heteroatoms. The largest absolute Gasteiger partial charge is 0.396 e. The van der Waals surface area contributed by atoms with E-state index in [-0.39, 0.29) is 12.3 Å². The molecule has 0 saturated heterocycles. The minimum atomic E-state index is -0.0668. The van der Waals surface area contributed by atoms with Crippen LogP contribution in [0.25, 0.3) is 11.0 Å². The van der Waals surface area contributed by atoms with Crippen LogP contribution in [0.4, 0.5) is 0 Å². The fourth-order valence-corrected chi connectivity index (χ4v) is 2.19. The first-order valence-electron chi connectivity index (χ1n) is 6.01. The minimum Gasteiger partial charge on any atom is -0.396 e. The third-order valence-electron chi connectivity index (χ3n) is 3.11. The maximum Gasteiger partial charge on any atom is 0.326 e. The molecule has 2 aromatic rings. The smallest absolute Gasteiger partial charge is 0.326 e. The zero-order chi connectivity index (χ0) is 12.3. The van der Waals surface area contributed by atoms with Crippen LogP contribution in [0.15, 0.2) is 23.0 Å². The fourth-order valence-electron chi connectivity index (χ4n) is 2.19. The second-order valence-electron chi connectivity index (χ2n) is 4.34. The van der Waals surface area contributed by atoms with Crippen molar-refractivity contribution in [3.05, 3.63) is 34.2 Å². The molecule has 4 nitrogen and oxygen atoms in total. The zero-order valence-electron chi connectivity index (χ0n) is 10.1. The Balaban J connectivity index is 2.24. The molecule has 0 fully saturated rings. The molecule has 92 valence electrons. The SMILES string of the molecule is Cn1c(=O)[nH]c2cccc(CCCCCO)c21. The van der Waals surface area contributed by atoms with Gasteiger partial charge in [-0.3, -0.25) is 4.57 Å². The van der Waals surface area contributed by atoms with Crippen LogP contribution < -0.4 is 5.69 Å². The fraction of sp³-hybridized carbons (Fsp3) is 0.462. The lowest BCUT2D eigenvalue weighted by molar-refractivity contribution is 0.283. The maximum absolute atomic E-state index is 11.5. The van der Waals surface area contributed by atoms with Gasteiger partial charge in [-0.25, -0.2) is 4.79 Å². The monoisotopic (exact) mass is 234 g/mol. The standard InChI is InChI=1S/C13H18N2O2/c1-15-12-10(6-3-2-4-9-16)7-5-8-11(12)14-13(15)17/h5,7-8,16H,2-4,6,9H2,1H3,(H,14,17). The molecule has 0 spiro atoms. The van der Waals surface area contributed by atoms with E-state index in [1.165, 1.54) is 5.56 Å². The van der Waals surface area contributed by atoms with Gasteiger partial charge in [-0.05, 0) is 30.9 Å². The van der Waals surface area contributed by atoms with Gasteiger partial charge in [-0.2, -0.15) is 0 Å². The first kappa shape index (κ1) is 11.9.